The third kappa shape index (κ3) is 5.66. The van der Waals surface area contributed by atoms with Gasteiger partial charge in [0, 0.05) is 22.9 Å². The van der Waals surface area contributed by atoms with E-state index < -0.39 is 18.0 Å². The van der Waals surface area contributed by atoms with Crippen molar-refractivity contribution in [1.29, 1.82) is 0 Å². The van der Waals surface area contributed by atoms with Gasteiger partial charge in [0.25, 0.3) is 5.91 Å². The van der Waals surface area contributed by atoms with E-state index in [2.05, 4.69) is 10.6 Å². The maximum Gasteiger partial charge on any atom is 0.339 e. The zero-order valence-corrected chi connectivity index (χ0v) is 18.6. The number of amides is 2. The van der Waals surface area contributed by atoms with Gasteiger partial charge in [0.05, 0.1) is 5.56 Å². The Balaban J connectivity index is 1.54. The van der Waals surface area contributed by atoms with Crippen molar-refractivity contribution in [2.75, 3.05) is 10.6 Å². The molecule has 33 heavy (non-hydrogen) atoms. The molecule has 1 saturated carbocycles. The first-order valence-electron chi connectivity index (χ1n) is 11.0. The van der Waals surface area contributed by atoms with Crippen LogP contribution in [0.25, 0.3) is 0 Å². The van der Waals surface area contributed by atoms with Crippen molar-refractivity contribution in [2.45, 2.75) is 32.8 Å². The first-order chi connectivity index (χ1) is 15.9. The van der Waals surface area contributed by atoms with Crippen molar-refractivity contribution < 1.29 is 19.1 Å². The van der Waals surface area contributed by atoms with Gasteiger partial charge in [-0.15, -0.1) is 0 Å². The highest BCUT2D eigenvalue weighted by Crippen LogP contribution is 2.30. The molecule has 0 spiro atoms. The molecule has 0 heterocycles. The highest BCUT2D eigenvalue weighted by atomic mass is 16.5. The summed E-state index contributed by atoms with van der Waals surface area (Å²) in [5.74, 6) is -1.09. The molecule has 3 aromatic rings. The van der Waals surface area contributed by atoms with Crippen LogP contribution in [0.1, 0.15) is 46.0 Å². The Hall–Kier alpha value is -3.93. The van der Waals surface area contributed by atoms with Crippen molar-refractivity contribution in [3.8, 4) is 0 Å². The minimum atomic E-state index is -1.14. The number of carbonyl (C=O) groups is 3. The van der Waals surface area contributed by atoms with E-state index >= 15 is 0 Å². The molecule has 168 valence electrons. The topological polar surface area (TPSA) is 84.5 Å². The SMILES string of the molecule is Cc1ccc(C)c(NC(=O)C(OC(=O)c2cccc(NC(=O)C3CC3)c2)c2ccccc2)c1. The number of nitrogens with one attached hydrogen (secondary N) is 2. The smallest absolute Gasteiger partial charge is 0.339 e. The highest BCUT2D eigenvalue weighted by molar-refractivity contribution is 5.99. The number of aryl methyl sites for hydroxylation is 2. The number of hydrogen-bond donors (Lipinski definition) is 2. The van der Waals surface area contributed by atoms with Crippen LogP contribution in [0.2, 0.25) is 0 Å². The number of esters is 1. The van der Waals surface area contributed by atoms with Gasteiger partial charge >= 0.3 is 5.97 Å². The van der Waals surface area contributed by atoms with E-state index in [1.165, 1.54) is 0 Å². The summed E-state index contributed by atoms with van der Waals surface area (Å²) in [6.07, 6.45) is 0.646. The van der Waals surface area contributed by atoms with E-state index in [0.717, 1.165) is 24.0 Å². The van der Waals surface area contributed by atoms with Crippen LogP contribution in [-0.4, -0.2) is 17.8 Å². The van der Waals surface area contributed by atoms with E-state index in [1.807, 2.05) is 38.1 Å². The van der Waals surface area contributed by atoms with Crippen LogP contribution >= 0.6 is 0 Å². The Kier molecular flexibility index (Phi) is 6.54. The Morgan fingerprint density at radius 3 is 2.36 bits per heavy atom. The maximum absolute atomic E-state index is 13.2. The van der Waals surface area contributed by atoms with E-state index in [1.54, 1.807) is 48.5 Å². The number of rotatable bonds is 7. The van der Waals surface area contributed by atoms with Crippen LogP contribution in [0.4, 0.5) is 11.4 Å². The summed E-state index contributed by atoms with van der Waals surface area (Å²) in [5, 5.41) is 5.72. The lowest BCUT2D eigenvalue weighted by molar-refractivity contribution is -0.125. The third-order valence-electron chi connectivity index (χ3n) is 5.53. The van der Waals surface area contributed by atoms with Crippen molar-refractivity contribution in [3.63, 3.8) is 0 Å². The molecule has 0 bridgehead atoms. The van der Waals surface area contributed by atoms with Gasteiger partial charge < -0.3 is 15.4 Å². The summed E-state index contributed by atoms with van der Waals surface area (Å²) in [5.41, 5.74) is 3.93. The fourth-order valence-electron chi connectivity index (χ4n) is 3.46. The lowest BCUT2D eigenvalue weighted by Crippen LogP contribution is -2.26. The quantitative estimate of drug-likeness (QED) is 0.493. The van der Waals surface area contributed by atoms with Crippen LogP contribution in [0, 0.1) is 19.8 Å². The van der Waals surface area contributed by atoms with Crippen LogP contribution in [-0.2, 0) is 14.3 Å². The first kappa shape index (κ1) is 22.3. The zero-order chi connectivity index (χ0) is 23.4. The molecular formula is C27H26N2O4. The molecule has 6 nitrogen and oxygen atoms in total. The number of hydrogen-bond acceptors (Lipinski definition) is 4. The predicted octanol–water partition coefficient (Wildman–Crippen LogP) is 5.19. The second-order valence-corrected chi connectivity index (χ2v) is 8.35. The molecule has 6 heteroatoms. The second kappa shape index (κ2) is 9.69. The summed E-state index contributed by atoms with van der Waals surface area (Å²) in [6, 6.07) is 21.2. The van der Waals surface area contributed by atoms with Crippen LogP contribution in [0.3, 0.4) is 0 Å². The van der Waals surface area contributed by atoms with Gasteiger partial charge in [0.2, 0.25) is 12.0 Å². The van der Waals surface area contributed by atoms with Gasteiger partial charge in [0.1, 0.15) is 0 Å². The summed E-state index contributed by atoms with van der Waals surface area (Å²) in [4.78, 5) is 38.2. The van der Waals surface area contributed by atoms with Crippen molar-refractivity contribution in [2.24, 2.45) is 5.92 Å². The van der Waals surface area contributed by atoms with Crippen molar-refractivity contribution in [3.05, 3.63) is 95.1 Å². The van der Waals surface area contributed by atoms with E-state index in [0.29, 0.717) is 16.9 Å². The summed E-state index contributed by atoms with van der Waals surface area (Å²) in [7, 11) is 0. The van der Waals surface area contributed by atoms with Gasteiger partial charge in [0.15, 0.2) is 0 Å². The molecule has 1 atom stereocenters. The molecule has 3 aromatic carbocycles. The molecule has 2 N–H and O–H groups in total. The molecule has 1 unspecified atom stereocenters. The third-order valence-corrected chi connectivity index (χ3v) is 5.53. The summed E-state index contributed by atoms with van der Waals surface area (Å²) < 4.78 is 5.68. The molecule has 1 aliphatic rings. The Bertz CT molecular complexity index is 1190. The van der Waals surface area contributed by atoms with Crippen LogP contribution in [0.5, 0.6) is 0 Å². The number of carbonyl (C=O) groups excluding carboxylic acids is 3. The minimum absolute atomic E-state index is 0.0458. The molecule has 0 saturated heterocycles. The van der Waals surface area contributed by atoms with Gasteiger partial charge in [-0.2, -0.15) is 0 Å². The molecule has 1 aliphatic carbocycles. The van der Waals surface area contributed by atoms with Crippen LogP contribution < -0.4 is 10.6 Å². The van der Waals surface area contributed by atoms with Crippen LogP contribution in [0.15, 0.2) is 72.8 Å². The zero-order valence-electron chi connectivity index (χ0n) is 18.6. The maximum atomic E-state index is 13.2. The predicted molar refractivity (Wildman–Crippen MR) is 127 cm³/mol. The second-order valence-electron chi connectivity index (χ2n) is 8.35. The van der Waals surface area contributed by atoms with Crippen molar-refractivity contribution in [1.82, 2.24) is 0 Å². The Morgan fingerprint density at radius 1 is 0.879 bits per heavy atom. The Labute approximate surface area is 193 Å². The van der Waals surface area contributed by atoms with Crippen molar-refractivity contribution >= 4 is 29.2 Å². The molecule has 4 rings (SSSR count). The minimum Gasteiger partial charge on any atom is -0.444 e. The molecule has 2 amide bonds. The molecule has 0 aliphatic heterocycles. The van der Waals surface area contributed by atoms with Gasteiger partial charge in [-0.1, -0.05) is 48.5 Å². The average molecular weight is 443 g/mol. The monoisotopic (exact) mass is 442 g/mol. The summed E-state index contributed by atoms with van der Waals surface area (Å²) >= 11 is 0. The molecular weight excluding hydrogens is 416 g/mol. The van der Waals surface area contributed by atoms with Gasteiger partial charge in [-0.05, 0) is 62.1 Å². The number of benzene rings is 3. The number of ether oxygens (including phenoxy) is 1. The van der Waals surface area contributed by atoms with E-state index in [4.69, 9.17) is 4.74 Å². The van der Waals surface area contributed by atoms with E-state index in [-0.39, 0.29) is 17.4 Å². The fourth-order valence-corrected chi connectivity index (χ4v) is 3.46. The van der Waals surface area contributed by atoms with E-state index in [9.17, 15) is 14.4 Å². The highest BCUT2D eigenvalue weighted by Gasteiger charge is 2.30. The molecule has 0 radical (unpaired) electrons. The lowest BCUT2D eigenvalue weighted by Gasteiger charge is -2.19. The molecule has 0 aromatic heterocycles. The Morgan fingerprint density at radius 2 is 1.64 bits per heavy atom. The van der Waals surface area contributed by atoms with Gasteiger partial charge in [-0.3, -0.25) is 9.59 Å². The largest absolute Gasteiger partial charge is 0.444 e. The molecule has 1 fully saturated rings. The fraction of sp³-hybridized carbons (Fsp3) is 0.222. The van der Waals surface area contributed by atoms with Gasteiger partial charge in [-0.25, -0.2) is 4.79 Å². The lowest BCUT2D eigenvalue weighted by atomic mass is 10.1. The summed E-state index contributed by atoms with van der Waals surface area (Å²) in [6.45, 7) is 3.85. The normalized spacial score (nSPS) is 13.6. The average Bonchev–Trinajstić information content (AvgIpc) is 3.66. The number of anilines is 2. The standard InChI is InChI=1S/C27H26N2O4/c1-17-11-12-18(2)23(15-17)29-26(31)24(19-7-4-3-5-8-19)33-27(32)21-9-6-10-22(16-21)28-25(30)20-13-14-20/h3-12,15-16,20,24H,13-14H2,1-2H3,(H,28,30)(H,29,31). The first-order valence-corrected chi connectivity index (χ1v) is 11.0.